The van der Waals surface area contributed by atoms with E-state index in [1.807, 2.05) is 64.2 Å². The fourth-order valence-corrected chi connectivity index (χ4v) is 4.71. The number of hydrogen-bond acceptors (Lipinski definition) is 4. The Labute approximate surface area is 211 Å². The number of amides is 1. The molecule has 0 aliphatic carbocycles. The summed E-state index contributed by atoms with van der Waals surface area (Å²) in [5.41, 5.74) is 4.22. The molecule has 6 nitrogen and oxygen atoms in total. The molecule has 0 fully saturated rings. The lowest BCUT2D eigenvalue weighted by molar-refractivity contribution is -0.142. The first-order valence-electron chi connectivity index (χ1n) is 12.4. The predicted octanol–water partition coefficient (Wildman–Crippen LogP) is 6.09. The minimum absolute atomic E-state index is 0.0275. The highest BCUT2D eigenvalue weighted by atomic mass is 35.5. The number of carbonyl (C=O) groups excluding carboxylic acids is 2. The van der Waals surface area contributed by atoms with E-state index in [-0.39, 0.29) is 24.3 Å². The largest absolute Gasteiger partial charge is 0.466 e. The standard InChI is InChI=1S/C28H32ClN3O3/c1-3-5-6-10-24-19-31(18-21-9-7-8-20(15-21)16-27(33)35-4-2)28(34)26-17-25(30-32(24)26)22-11-13-23(29)14-12-22/h7-9,11-15,17,24H,3-6,10,16,18-19H2,1-2H3. The molecule has 7 heteroatoms. The molecule has 1 unspecified atom stereocenters. The summed E-state index contributed by atoms with van der Waals surface area (Å²) in [6.45, 7) is 5.46. The number of aromatic nitrogens is 2. The minimum Gasteiger partial charge on any atom is -0.466 e. The van der Waals surface area contributed by atoms with Crippen LogP contribution in [0.25, 0.3) is 11.3 Å². The summed E-state index contributed by atoms with van der Waals surface area (Å²) in [4.78, 5) is 27.3. The van der Waals surface area contributed by atoms with Gasteiger partial charge in [0.25, 0.3) is 5.91 Å². The number of benzene rings is 2. The molecule has 1 aromatic heterocycles. The van der Waals surface area contributed by atoms with Crippen LogP contribution in [0.3, 0.4) is 0 Å². The van der Waals surface area contributed by atoms with Gasteiger partial charge >= 0.3 is 5.97 Å². The van der Waals surface area contributed by atoms with Crippen LogP contribution in [-0.2, 0) is 22.5 Å². The second-order valence-electron chi connectivity index (χ2n) is 9.00. The van der Waals surface area contributed by atoms with Crippen molar-refractivity contribution < 1.29 is 14.3 Å². The Morgan fingerprint density at radius 2 is 1.86 bits per heavy atom. The summed E-state index contributed by atoms with van der Waals surface area (Å²) in [6, 6.07) is 17.4. The topological polar surface area (TPSA) is 64.4 Å². The SMILES string of the molecule is CCCCCC1CN(Cc2cccc(CC(=O)OCC)c2)C(=O)c2cc(-c3ccc(Cl)cc3)nn21. The van der Waals surface area contributed by atoms with Crippen molar-refractivity contribution in [3.8, 4) is 11.3 Å². The van der Waals surface area contributed by atoms with Gasteiger partial charge in [-0.2, -0.15) is 5.10 Å². The van der Waals surface area contributed by atoms with Gasteiger partial charge in [-0.1, -0.05) is 74.2 Å². The Kier molecular flexibility index (Phi) is 8.24. The van der Waals surface area contributed by atoms with Crippen LogP contribution in [0.4, 0.5) is 0 Å². The molecule has 184 valence electrons. The van der Waals surface area contributed by atoms with Crippen molar-refractivity contribution in [2.75, 3.05) is 13.2 Å². The van der Waals surface area contributed by atoms with E-state index in [0.717, 1.165) is 48.1 Å². The van der Waals surface area contributed by atoms with Crippen LogP contribution >= 0.6 is 11.6 Å². The number of nitrogens with zero attached hydrogens (tertiary/aromatic N) is 3. The summed E-state index contributed by atoms with van der Waals surface area (Å²) in [5.74, 6) is -0.270. The van der Waals surface area contributed by atoms with E-state index < -0.39 is 0 Å². The zero-order valence-electron chi connectivity index (χ0n) is 20.4. The smallest absolute Gasteiger partial charge is 0.310 e. The number of esters is 1. The molecule has 1 atom stereocenters. The van der Waals surface area contributed by atoms with Crippen LogP contribution in [-0.4, -0.2) is 39.7 Å². The summed E-state index contributed by atoms with van der Waals surface area (Å²) < 4.78 is 7.00. The van der Waals surface area contributed by atoms with Gasteiger partial charge in [0.05, 0.1) is 24.8 Å². The molecule has 2 heterocycles. The third-order valence-corrected chi connectivity index (χ3v) is 6.57. The van der Waals surface area contributed by atoms with Gasteiger partial charge in [-0.15, -0.1) is 0 Å². The Bertz CT molecular complexity index is 1170. The third kappa shape index (κ3) is 6.12. The quantitative estimate of drug-likeness (QED) is 0.253. The number of ether oxygens (including phenoxy) is 1. The van der Waals surface area contributed by atoms with E-state index in [1.165, 1.54) is 0 Å². The maximum atomic E-state index is 13.5. The van der Waals surface area contributed by atoms with Gasteiger partial charge in [-0.25, -0.2) is 0 Å². The van der Waals surface area contributed by atoms with E-state index in [0.29, 0.717) is 30.4 Å². The van der Waals surface area contributed by atoms with E-state index in [1.54, 1.807) is 6.92 Å². The second kappa shape index (κ2) is 11.5. The number of carbonyl (C=O) groups is 2. The second-order valence-corrected chi connectivity index (χ2v) is 9.44. The van der Waals surface area contributed by atoms with Crippen LogP contribution in [0.15, 0.2) is 54.6 Å². The fourth-order valence-electron chi connectivity index (χ4n) is 4.59. The summed E-state index contributed by atoms with van der Waals surface area (Å²) in [7, 11) is 0. The van der Waals surface area contributed by atoms with Gasteiger partial charge in [-0.05, 0) is 42.7 Å². The van der Waals surface area contributed by atoms with E-state index >= 15 is 0 Å². The molecule has 0 saturated heterocycles. The Morgan fingerprint density at radius 3 is 2.60 bits per heavy atom. The Morgan fingerprint density at radius 1 is 1.09 bits per heavy atom. The first-order valence-corrected chi connectivity index (χ1v) is 12.7. The molecular formula is C28H32ClN3O3. The highest BCUT2D eigenvalue weighted by Gasteiger charge is 2.33. The summed E-state index contributed by atoms with van der Waals surface area (Å²) in [5, 5.41) is 5.51. The number of fused-ring (bicyclic) bond motifs is 1. The van der Waals surface area contributed by atoms with E-state index in [4.69, 9.17) is 21.4 Å². The molecule has 35 heavy (non-hydrogen) atoms. The van der Waals surface area contributed by atoms with Crippen LogP contribution < -0.4 is 0 Å². The number of halogens is 1. The molecule has 1 aliphatic rings. The molecule has 0 saturated carbocycles. The van der Waals surface area contributed by atoms with Crippen molar-refractivity contribution in [2.45, 2.75) is 58.5 Å². The molecule has 4 rings (SSSR count). The lowest BCUT2D eigenvalue weighted by Gasteiger charge is -2.33. The fraction of sp³-hybridized carbons (Fsp3) is 0.393. The highest BCUT2D eigenvalue weighted by molar-refractivity contribution is 6.30. The number of unbranched alkanes of at least 4 members (excludes halogenated alkanes) is 2. The lowest BCUT2D eigenvalue weighted by atomic mass is 10.0. The van der Waals surface area contributed by atoms with Gasteiger partial charge in [0.2, 0.25) is 0 Å². The van der Waals surface area contributed by atoms with Crippen LogP contribution in [0.2, 0.25) is 5.02 Å². The number of hydrogen-bond donors (Lipinski definition) is 0. The van der Waals surface area contributed by atoms with Crippen molar-refractivity contribution in [1.82, 2.24) is 14.7 Å². The molecule has 3 aromatic rings. The van der Waals surface area contributed by atoms with Crippen molar-refractivity contribution in [1.29, 1.82) is 0 Å². The zero-order valence-corrected chi connectivity index (χ0v) is 21.1. The first-order chi connectivity index (χ1) is 17.0. The highest BCUT2D eigenvalue weighted by Crippen LogP contribution is 2.30. The first kappa shape index (κ1) is 25.0. The normalized spacial score (nSPS) is 15.2. The van der Waals surface area contributed by atoms with Crippen LogP contribution in [0.5, 0.6) is 0 Å². The average molecular weight is 494 g/mol. The lowest BCUT2D eigenvalue weighted by Crippen LogP contribution is -2.42. The van der Waals surface area contributed by atoms with Crippen molar-refractivity contribution in [3.05, 3.63) is 76.4 Å². The van der Waals surface area contributed by atoms with Crippen LogP contribution in [0.1, 0.15) is 67.2 Å². The molecule has 1 aliphatic heterocycles. The van der Waals surface area contributed by atoms with Crippen LogP contribution in [0, 0.1) is 0 Å². The van der Waals surface area contributed by atoms with Gasteiger partial charge in [0, 0.05) is 23.7 Å². The molecule has 1 amide bonds. The maximum absolute atomic E-state index is 13.5. The Hall–Kier alpha value is -3.12. The van der Waals surface area contributed by atoms with Gasteiger partial charge in [0.1, 0.15) is 5.69 Å². The summed E-state index contributed by atoms with van der Waals surface area (Å²) in [6.07, 6.45) is 4.58. The monoisotopic (exact) mass is 493 g/mol. The molecule has 0 radical (unpaired) electrons. The summed E-state index contributed by atoms with van der Waals surface area (Å²) >= 11 is 6.06. The van der Waals surface area contributed by atoms with E-state index in [9.17, 15) is 9.59 Å². The van der Waals surface area contributed by atoms with Crippen molar-refractivity contribution >= 4 is 23.5 Å². The molecular weight excluding hydrogens is 462 g/mol. The van der Waals surface area contributed by atoms with Crippen molar-refractivity contribution in [3.63, 3.8) is 0 Å². The van der Waals surface area contributed by atoms with E-state index in [2.05, 4.69) is 6.92 Å². The molecule has 2 aromatic carbocycles. The third-order valence-electron chi connectivity index (χ3n) is 6.32. The zero-order chi connectivity index (χ0) is 24.8. The predicted molar refractivity (Wildman–Crippen MR) is 137 cm³/mol. The van der Waals surface area contributed by atoms with Crippen molar-refractivity contribution in [2.24, 2.45) is 0 Å². The average Bonchev–Trinajstić information content (AvgIpc) is 3.29. The molecule has 0 bridgehead atoms. The molecule has 0 N–H and O–H groups in total. The van der Waals surface area contributed by atoms with Gasteiger partial charge in [0.15, 0.2) is 0 Å². The Balaban J connectivity index is 1.58. The van der Waals surface area contributed by atoms with Gasteiger partial charge < -0.3 is 9.64 Å². The number of rotatable bonds is 10. The minimum atomic E-state index is -0.242. The van der Waals surface area contributed by atoms with Gasteiger partial charge in [-0.3, -0.25) is 14.3 Å². The maximum Gasteiger partial charge on any atom is 0.310 e. The molecule has 0 spiro atoms.